The van der Waals surface area contributed by atoms with E-state index in [-0.39, 0.29) is 6.04 Å². The Morgan fingerprint density at radius 3 is 2.71 bits per heavy atom. The molecule has 2 aliphatic rings. The lowest BCUT2D eigenvalue weighted by molar-refractivity contribution is -0.0598. The van der Waals surface area contributed by atoms with Gasteiger partial charge in [0.25, 0.3) is 0 Å². The lowest BCUT2D eigenvalue weighted by Gasteiger charge is -2.44. The smallest absolute Gasteiger partial charge is 0.164 e. The van der Waals surface area contributed by atoms with Crippen molar-refractivity contribution < 1.29 is 5.11 Å². The van der Waals surface area contributed by atoms with E-state index in [1.807, 2.05) is 7.05 Å². The highest BCUT2D eigenvalue weighted by Gasteiger charge is 2.41. The number of hydrogen-bond donors (Lipinski definition) is 2. The predicted octanol–water partition coefficient (Wildman–Crippen LogP) is 2.26. The summed E-state index contributed by atoms with van der Waals surface area (Å²) in [5, 5.41) is 17.7. The molecule has 1 aromatic carbocycles. The van der Waals surface area contributed by atoms with Crippen LogP contribution in [0, 0.1) is 6.92 Å². The first-order valence-corrected chi connectivity index (χ1v) is 10.2. The van der Waals surface area contributed by atoms with Gasteiger partial charge in [-0.2, -0.15) is 5.10 Å². The predicted molar refractivity (Wildman–Crippen MR) is 108 cm³/mol. The van der Waals surface area contributed by atoms with E-state index >= 15 is 0 Å². The fourth-order valence-electron chi connectivity index (χ4n) is 4.07. The van der Waals surface area contributed by atoms with Crippen LogP contribution in [0.15, 0.2) is 42.4 Å². The molecule has 2 aliphatic heterocycles. The molecule has 0 radical (unpaired) electrons. The number of aliphatic hydroxyl groups is 1. The first-order valence-electron chi connectivity index (χ1n) is 10.2. The van der Waals surface area contributed by atoms with E-state index in [0.29, 0.717) is 12.6 Å². The summed E-state index contributed by atoms with van der Waals surface area (Å²) in [6.45, 7) is 5.65. The van der Waals surface area contributed by atoms with Crippen molar-refractivity contribution in [2.24, 2.45) is 7.05 Å². The van der Waals surface area contributed by atoms with Crippen LogP contribution in [-0.4, -0.2) is 48.6 Å². The van der Waals surface area contributed by atoms with Gasteiger partial charge in [0.05, 0.1) is 24.3 Å². The van der Waals surface area contributed by atoms with Crippen LogP contribution in [0.1, 0.15) is 49.2 Å². The molecule has 3 unspecified atom stereocenters. The van der Waals surface area contributed by atoms with Gasteiger partial charge in [-0.3, -0.25) is 9.58 Å². The normalized spacial score (nSPS) is 25.1. The van der Waals surface area contributed by atoms with Crippen molar-refractivity contribution in [3.63, 3.8) is 0 Å². The molecular weight excluding hydrogens is 352 g/mol. The highest BCUT2D eigenvalue weighted by molar-refractivity contribution is 5.31. The minimum absolute atomic E-state index is 0.0855. The van der Waals surface area contributed by atoms with Gasteiger partial charge in [0, 0.05) is 13.6 Å². The van der Waals surface area contributed by atoms with Crippen LogP contribution >= 0.6 is 0 Å². The summed E-state index contributed by atoms with van der Waals surface area (Å²) in [5.41, 5.74) is 7.03. The average Bonchev–Trinajstić information content (AvgIpc) is 3.30. The van der Waals surface area contributed by atoms with Crippen molar-refractivity contribution in [3.8, 4) is 0 Å². The molecule has 1 aromatic heterocycles. The van der Waals surface area contributed by atoms with E-state index < -0.39 is 6.23 Å². The summed E-state index contributed by atoms with van der Waals surface area (Å²) in [6, 6.07) is 8.99. The van der Waals surface area contributed by atoms with Crippen LogP contribution in [0.2, 0.25) is 0 Å². The van der Waals surface area contributed by atoms with Crippen molar-refractivity contribution in [1.29, 1.82) is 0 Å². The standard InChI is InChI=1S/C21H30N6O/c1-4-5-6-17-12-26(13-20-22-14-25(3)24-20)21(28)19-11-18(23-27(17)19)16-9-7-15(2)8-10-16/h7-11,14,17-18,21,23,28H,4-6,12-13H2,1-3H3. The second-order valence-corrected chi connectivity index (χ2v) is 7.91. The van der Waals surface area contributed by atoms with E-state index in [4.69, 9.17) is 0 Å². The zero-order chi connectivity index (χ0) is 19.7. The quantitative estimate of drug-likeness (QED) is 0.799. The Kier molecular flexibility index (Phi) is 5.48. The van der Waals surface area contributed by atoms with Gasteiger partial charge in [-0.15, -0.1) is 0 Å². The Bertz CT molecular complexity index is 830. The second kappa shape index (κ2) is 8.03. The SMILES string of the molecule is CCCCC1CN(Cc2ncn(C)n2)C(O)C2=CC(c3ccc(C)cc3)NN21. The van der Waals surface area contributed by atoms with E-state index in [2.05, 4.69) is 69.6 Å². The maximum absolute atomic E-state index is 11.1. The highest BCUT2D eigenvalue weighted by atomic mass is 16.3. The zero-order valence-electron chi connectivity index (χ0n) is 16.9. The number of benzene rings is 1. The number of aryl methyl sites for hydroxylation is 2. The van der Waals surface area contributed by atoms with Gasteiger partial charge in [-0.1, -0.05) is 49.6 Å². The Morgan fingerprint density at radius 1 is 1.25 bits per heavy atom. The van der Waals surface area contributed by atoms with Crippen LogP contribution in [-0.2, 0) is 13.6 Å². The maximum Gasteiger partial charge on any atom is 0.164 e. The van der Waals surface area contributed by atoms with Crippen LogP contribution < -0.4 is 5.43 Å². The molecular formula is C21H30N6O. The largest absolute Gasteiger partial charge is 0.372 e. The summed E-state index contributed by atoms with van der Waals surface area (Å²) in [7, 11) is 1.87. The minimum Gasteiger partial charge on any atom is -0.372 e. The molecule has 0 amide bonds. The molecule has 0 saturated carbocycles. The van der Waals surface area contributed by atoms with Gasteiger partial charge < -0.3 is 10.1 Å². The van der Waals surface area contributed by atoms with E-state index in [1.165, 1.54) is 11.1 Å². The van der Waals surface area contributed by atoms with E-state index in [1.54, 1.807) is 11.0 Å². The van der Waals surface area contributed by atoms with Crippen molar-refractivity contribution >= 4 is 0 Å². The van der Waals surface area contributed by atoms with Gasteiger partial charge in [-0.05, 0) is 25.0 Å². The lowest BCUT2D eigenvalue weighted by atomic mass is 10.0. The molecule has 0 bridgehead atoms. The molecule has 1 saturated heterocycles. The fourth-order valence-corrected chi connectivity index (χ4v) is 4.07. The van der Waals surface area contributed by atoms with Gasteiger partial charge in [-0.25, -0.2) is 10.4 Å². The number of hydrogen-bond acceptors (Lipinski definition) is 6. The van der Waals surface area contributed by atoms with Crippen molar-refractivity contribution in [2.75, 3.05) is 6.54 Å². The van der Waals surface area contributed by atoms with Gasteiger partial charge in [0.1, 0.15) is 12.6 Å². The highest BCUT2D eigenvalue weighted by Crippen LogP contribution is 2.34. The molecule has 28 heavy (non-hydrogen) atoms. The molecule has 3 heterocycles. The minimum atomic E-state index is -0.662. The fraction of sp³-hybridized carbons (Fsp3) is 0.524. The molecule has 0 aliphatic carbocycles. The molecule has 2 N–H and O–H groups in total. The number of fused-ring (bicyclic) bond motifs is 1. The molecule has 0 spiro atoms. The Labute approximate surface area is 166 Å². The first kappa shape index (κ1) is 19.1. The van der Waals surface area contributed by atoms with E-state index in [9.17, 15) is 5.11 Å². The van der Waals surface area contributed by atoms with Crippen LogP contribution in [0.3, 0.4) is 0 Å². The number of hydrazine groups is 1. The van der Waals surface area contributed by atoms with Gasteiger partial charge >= 0.3 is 0 Å². The van der Waals surface area contributed by atoms with Crippen LogP contribution in [0.5, 0.6) is 0 Å². The number of aromatic nitrogens is 3. The summed E-state index contributed by atoms with van der Waals surface area (Å²) in [6.07, 6.45) is 6.61. The first-order chi connectivity index (χ1) is 13.5. The zero-order valence-corrected chi connectivity index (χ0v) is 16.9. The Morgan fingerprint density at radius 2 is 2.04 bits per heavy atom. The van der Waals surface area contributed by atoms with Crippen molar-refractivity contribution in [1.82, 2.24) is 30.1 Å². The third kappa shape index (κ3) is 3.83. The number of nitrogens with one attached hydrogen (secondary N) is 1. The molecule has 3 atom stereocenters. The third-order valence-electron chi connectivity index (χ3n) is 5.63. The lowest BCUT2D eigenvalue weighted by Crippen LogP contribution is -2.58. The van der Waals surface area contributed by atoms with Crippen molar-refractivity contribution in [3.05, 3.63) is 59.3 Å². The molecule has 150 valence electrons. The number of unbranched alkanes of at least 4 members (excludes halogenated alkanes) is 1. The summed E-state index contributed by atoms with van der Waals surface area (Å²) in [5.74, 6) is 0.742. The maximum atomic E-state index is 11.1. The molecule has 1 fully saturated rings. The number of piperazine rings is 1. The molecule has 7 nitrogen and oxygen atoms in total. The third-order valence-corrected chi connectivity index (χ3v) is 5.63. The Balaban J connectivity index is 1.58. The summed E-state index contributed by atoms with van der Waals surface area (Å²) < 4.78 is 1.70. The summed E-state index contributed by atoms with van der Waals surface area (Å²) in [4.78, 5) is 6.42. The average molecular weight is 383 g/mol. The summed E-state index contributed by atoms with van der Waals surface area (Å²) >= 11 is 0. The number of rotatable bonds is 6. The monoisotopic (exact) mass is 382 g/mol. The molecule has 4 rings (SSSR count). The van der Waals surface area contributed by atoms with Crippen molar-refractivity contribution in [2.45, 2.75) is 58.0 Å². The van der Waals surface area contributed by atoms with Gasteiger partial charge in [0.2, 0.25) is 0 Å². The topological polar surface area (TPSA) is 69.5 Å². The second-order valence-electron chi connectivity index (χ2n) is 7.91. The van der Waals surface area contributed by atoms with Crippen LogP contribution in [0.4, 0.5) is 0 Å². The van der Waals surface area contributed by atoms with Crippen LogP contribution in [0.25, 0.3) is 0 Å². The number of aliphatic hydroxyl groups excluding tert-OH is 1. The number of nitrogens with zero attached hydrogens (tertiary/aromatic N) is 5. The Hall–Kier alpha value is -2.22. The van der Waals surface area contributed by atoms with E-state index in [0.717, 1.165) is 37.3 Å². The molecule has 2 aromatic rings. The molecule has 7 heteroatoms. The van der Waals surface area contributed by atoms with Gasteiger partial charge in [0.15, 0.2) is 5.82 Å².